The molecule has 2 aromatic rings. The van der Waals surface area contributed by atoms with Gasteiger partial charge in [-0.15, -0.1) is 0 Å². The highest BCUT2D eigenvalue weighted by Crippen LogP contribution is 2.30. The van der Waals surface area contributed by atoms with E-state index in [4.69, 9.17) is 0 Å². The Hall–Kier alpha value is -1.20. The van der Waals surface area contributed by atoms with E-state index in [-0.39, 0.29) is 5.78 Å². The molecule has 0 aliphatic carbocycles. The highest BCUT2D eigenvalue weighted by Gasteiger charge is 2.10. The van der Waals surface area contributed by atoms with Crippen molar-refractivity contribution in [3.05, 3.63) is 46.2 Å². The molecule has 0 unspecified atom stereocenters. The van der Waals surface area contributed by atoms with Crippen LogP contribution in [0.15, 0.2) is 45.1 Å². The number of rotatable bonds is 3. The van der Waals surface area contributed by atoms with Crippen LogP contribution >= 0.6 is 27.7 Å². The van der Waals surface area contributed by atoms with Crippen LogP contribution in [0.25, 0.3) is 0 Å². The van der Waals surface area contributed by atoms with Crippen LogP contribution in [0.3, 0.4) is 0 Å². The molecule has 1 aromatic carbocycles. The van der Waals surface area contributed by atoms with Crippen LogP contribution in [0.1, 0.15) is 22.8 Å². The molecule has 0 aliphatic rings. The molecule has 0 radical (unpaired) electrons. The van der Waals surface area contributed by atoms with Crippen LogP contribution in [0, 0.1) is 6.92 Å². The van der Waals surface area contributed by atoms with E-state index in [9.17, 15) is 4.79 Å². The molecule has 0 spiro atoms. The largest absolute Gasteiger partial charge is 0.294 e. The first kappa shape index (κ1) is 13.2. The fourth-order valence-corrected chi connectivity index (χ4v) is 2.83. The lowest BCUT2D eigenvalue weighted by molar-refractivity contribution is 0.101. The number of carbonyl (C=O) groups excluding carboxylic acids is 1. The van der Waals surface area contributed by atoms with Crippen LogP contribution < -0.4 is 0 Å². The van der Waals surface area contributed by atoms with E-state index in [2.05, 4.69) is 25.9 Å². The van der Waals surface area contributed by atoms with E-state index >= 15 is 0 Å². The molecule has 1 heterocycles. The second-order valence-electron chi connectivity index (χ2n) is 3.84. The van der Waals surface area contributed by atoms with Gasteiger partial charge in [0, 0.05) is 27.3 Å². The van der Waals surface area contributed by atoms with Crippen LogP contribution in [-0.4, -0.2) is 15.8 Å². The maximum absolute atomic E-state index is 11.6. The average molecular weight is 323 g/mol. The van der Waals surface area contributed by atoms with Gasteiger partial charge in [0.1, 0.15) is 0 Å². The van der Waals surface area contributed by atoms with Gasteiger partial charge in [-0.25, -0.2) is 9.97 Å². The van der Waals surface area contributed by atoms with Crippen molar-refractivity contribution in [1.82, 2.24) is 9.97 Å². The minimum atomic E-state index is 0.0390. The standard InChI is InChI=1S/C13H11BrN2OS/c1-8-6-15-13(16-7-8)18-12-5-10(14)3-4-11(12)9(2)17/h3-7H,1-2H3. The number of hydrogen-bond donors (Lipinski definition) is 0. The average Bonchev–Trinajstić information content (AvgIpc) is 2.32. The molecule has 92 valence electrons. The number of Topliss-reactive ketones (excluding diaryl/α,β-unsaturated/α-hetero) is 1. The van der Waals surface area contributed by atoms with E-state index in [1.807, 2.05) is 25.1 Å². The van der Waals surface area contributed by atoms with E-state index in [0.717, 1.165) is 14.9 Å². The molecule has 0 aliphatic heterocycles. The van der Waals surface area contributed by atoms with Crippen molar-refractivity contribution < 1.29 is 4.79 Å². The van der Waals surface area contributed by atoms with Crippen LogP contribution in [-0.2, 0) is 0 Å². The Balaban J connectivity index is 2.35. The second-order valence-corrected chi connectivity index (χ2v) is 5.77. The lowest BCUT2D eigenvalue weighted by atomic mass is 10.1. The summed E-state index contributed by atoms with van der Waals surface area (Å²) < 4.78 is 0.933. The first-order chi connectivity index (χ1) is 8.56. The van der Waals surface area contributed by atoms with Crippen LogP contribution in [0.5, 0.6) is 0 Å². The van der Waals surface area contributed by atoms with Crippen molar-refractivity contribution in [1.29, 1.82) is 0 Å². The van der Waals surface area contributed by atoms with Crippen molar-refractivity contribution in [2.45, 2.75) is 23.9 Å². The molecule has 0 fully saturated rings. The van der Waals surface area contributed by atoms with Crippen LogP contribution in [0.2, 0.25) is 0 Å². The molecule has 0 saturated carbocycles. The van der Waals surface area contributed by atoms with Crippen molar-refractivity contribution in [3.8, 4) is 0 Å². The summed E-state index contributed by atoms with van der Waals surface area (Å²) >= 11 is 4.80. The predicted octanol–water partition coefficient (Wildman–Crippen LogP) is 3.90. The summed E-state index contributed by atoms with van der Waals surface area (Å²) in [4.78, 5) is 20.9. The Morgan fingerprint density at radius 3 is 2.56 bits per heavy atom. The lowest BCUT2D eigenvalue weighted by Crippen LogP contribution is -1.96. The first-order valence-corrected chi connectivity index (χ1v) is 6.94. The van der Waals surface area contributed by atoms with Crippen molar-refractivity contribution >= 4 is 33.5 Å². The second kappa shape index (κ2) is 5.63. The molecule has 2 rings (SSSR count). The predicted molar refractivity (Wildman–Crippen MR) is 75.0 cm³/mol. The zero-order chi connectivity index (χ0) is 13.1. The highest BCUT2D eigenvalue weighted by molar-refractivity contribution is 9.10. The number of carbonyl (C=O) groups is 1. The molecule has 0 N–H and O–H groups in total. The molecule has 0 amide bonds. The maximum Gasteiger partial charge on any atom is 0.192 e. The summed E-state index contributed by atoms with van der Waals surface area (Å²) in [6.07, 6.45) is 3.53. The SMILES string of the molecule is CC(=O)c1ccc(Br)cc1Sc1ncc(C)cn1. The van der Waals surface area contributed by atoms with Gasteiger partial charge in [-0.1, -0.05) is 15.9 Å². The van der Waals surface area contributed by atoms with Crippen LogP contribution in [0.4, 0.5) is 0 Å². The van der Waals surface area contributed by atoms with Gasteiger partial charge < -0.3 is 0 Å². The maximum atomic E-state index is 11.6. The number of halogens is 1. The van der Waals surface area contributed by atoms with Crippen molar-refractivity contribution in [2.75, 3.05) is 0 Å². The minimum Gasteiger partial charge on any atom is -0.294 e. The Morgan fingerprint density at radius 2 is 1.94 bits per heavy atom. The summed E-state index contributed by atoms with van der Waals surface area (Å²) in [5.74, 6) is 0.0390. The van der Waals surface area contributed by atoms with Gasteiger partial charge in [-0.05, 0) is 49.4 Å². The number of hydrogen-bond acceptors (Lipinski definition) is 4. The molecular weight excluding hydrogens is 312 g/mol. The number of aryl methyl sites for hydroxylation is 1. The van der Waals surface area contributed by atoms with Gasteiger partial charge in [-0.3, -0.25) is 4.79 Å². The molecule has 0 atom stereocenters. The Morgan fingerprint density at radius 1 is 1.28 bits per heavy atom. The van der Waals surface area contributed by atoms with E-state index in [1.54, 1.807) is 19.3 Å². The van der Waals surface area contributed by atoms with E-state index in [1.165, 1.54) is 11.8 Å². The third kappa shape index (κ3) is 3.17. The Bertz CT molecular complexity index is 584. The normalized spacial score (nSPS) is 10.4. The molecule has 0 bridgehead atoms. The summed E-state index contributed by atoms with van der Waals surface area (Å²) in [6, 6.07) is 5.57. The summed E-state index contributed by atoms with van der Waals surface area (Å²) in [5, 5.41) is 0.640. The summed E-state index contributed by atoms with van der Waals surface area (Å²) in [5.41, 5.74) is 1.70. The molecule has 18 heavy (non-hydrogen) atoms. The zero-order valence-corrected chi connectivity index (χ0v) is 12.4. The van der Waals surface area contributed by atoms with E-state index in [0.29, 0.717) is 10.7 Å². The molecule has 3 nitrogen and oxygen atoms in total. The minimum absolute atomic E-state index is 0.0390. The molecule has 0 saturated heterocycles. The highest BCUT2D eigenvalue weighted by atomic mass is 79.9. The number of ketones is 1. The number of nitrogens with zero attached hydrogens (tertiary/aromatic N) is 2. The quantitative estimate of drug-likeness (QED) is 0.635. The topological polar surface area (TPSA) is 42.9 Å². The molecule has 5 heteroatoms. The van der Waals surface area contributed by atoms with Crippen molar-refractivity contribution in [2.24, 2.45) is 0 Å². The van der Waals surface area contributed by atoms with Gasteiger partial charge in [0.25, 0.3) is 0 Å². The Kier molecular flexibility index (Phi) is 4.14. The Labute approximate surface area is 118 Å². The van der Waals surface area contributed by atoms with Crippen molar-refractivity contribution in [3.63, 3.8) is 0 Å². The fraction of sp³-hybridized carbons (Fsp3) is 0.154. The van der Waals surface area contributed by atoms with Gasteiger partial charge in [0.15, 0.2) is 10.9 Å². The van der Waals surface area contributed by atoms with E-state index < -0.39 is 0 Å². The lowest BCUT2D eigenvalue weighted by Gasteiger charge is -2.06. The number of benzene rings is 1. The molecule has 1 aromatic heterocycles. The first-order valence-electron chi connectivity index (χ1n) is 5.33. The zero-order valence-electron chi connectivity index (χ0n) is 9.98. The number of aromatic nitrogens is 2. The van der Waals surface area contributed by atoms with Gasteiger partial charge >= 0.3 is 0 Å². The summed E-state index contributed by atoms with van der Waals surface area (Å²) in [6.45, 7) is 3.50. The summed E-state index contributed by atoms with van der Waals surface area (Å²) in [7, 11) is 0. The third-order valence-corrected chi connectivity index (χ3v) is 3.73. The molecular formula is C13H11BrN2OS. The van der Waals surface area contributed by atoms with Gasteiger partial charge in [0.05, 0.1) is 0 Å². The third-order valence-electron chi connectivity index (χ3n) is 2.28. The fourth-order valence-electron chi connectivity index (χ4n) is 1.40. The van der Waals surface area contributed by atoms with Gasteiger partial charge in [-0.2, -0.15) is 0 Å². The smallest absolute Gasteiger partial charge is 0.192 e. The monoisotopic (exact) mass is 322 g/mol. The van der Waals surface area contributed by atoms with Gasteiger partial charge in [0.2, 0.25) is 0 Å².